The molecular formula is C16H20O4. The van der Waals surface area contributed by atoms with Crippen LogP contribution >= 0.6 is 0 Å². The van der Waals surface area contributed by atoms with E-state index in [1.165, 1.54) is 0 Å². The van der Waals surface area contributed by atoms with E-state index in [-0.39, 0.29) is 5.92 Å². The van der Waals surface area contributed by atoms with Gasteiger partial charge in [0.05, 0.1) is 26.7 Å². The molecule has 1 saturated heterocycles. The molecule has 0 amide bonds. The number of benzene rings is 1. The van der Waals surface area contributed by atoms with Crippen molar-refractivity contribution >= 4 is 0 Å². The van der Waals surface area contributed by atoms with Gasteiger partial charge in [0.25, 0.3) is 0 Å². The first-order valence-corrected chi connectivity index (χ1v) is 6.96. The quantitative estimate of drug-likeness (QED) is 0.921. The van der Waals surface area contributed by atoms with Crippen LogP contribution in [-0.4, -0.2) is 25.9 Å². The third kappa shape index (κ3) is 1.95. The van der Waals surface area contributed by atoms with Gasteiger partial charge in [0.1, 0.15) is 22.9 Å². The Morgan fingerprint density at radius 3 is 2.60 bits per heavy atom. The smallest absolute Gasteiger partial charge is 0.140 e. The maximum Gasteiger partial charge on any atom is 0.140 e. The number of hydrogen-bond donors (Lipinski definition) is 1. The minimum absolute atomic E-state index is 0.0143. The van der Waals surface area contributed by atoms with Crippen molar-refractivity contribution in [3.05, 3.63) is 41.3 Å². The van der Waals surface area contributed by atoms with Crippen LogP contribution in [0.25, 0.3) is 0 Å². The van der Waals surface area contributed by atoms with E-state index in [1.807, 2.05) is 24.3 Å². The van der Waals surface area contributed by atoms with Crippen LogP contribution < -0.4 is 4.74 Å². The summed E-state index contributed by atoms with van der Waals surface area (Å²) in [5.74, 6) is 2.38. The van der Waals surface area contributed by atoms with Gasteiger partial charge in [-0.1, -0.05) is 12.1 Å². The van der Waals surface area contributed by atoms with Gasteiger partial charge in [-0.25, -0.2) is 0 Å². The van der Waals surface area contributed by atoms with E-state index in [0.29, 0.717) is 13.0 Å². The van der Waals surface area contributed by atoms with E-state index in [2.05, 4.69) is 0 Å². The van der Waals surface area contributed by atoms with Gasteiger partial charge in [-0.15, -0.1) is 0 Å². The standard InChI is InChI=1S/C16H20O4/c1-18-12-7-5-11(6-8-12)16(17)10-14(19-2)15-13(16)4-3-9-20-15/h5-8,13,17H,3-4,9-10H2,1-2H3/t13-,16+/m1/s1. The Kier molecular flexibility index (Phi) is 3.34. The predicted octanol–water partition coefficient (Wildman–Crippen LogP) is 2.57. The third-order valence-electron chi connectivity index (χ3n) is 4.33. The topological polar surface area (TPSA) is 47.9 Å². The Morgan fingerprint density at radius 1 is 1.20 bits per heavy atom. The van der Waals surface area contributed by atoms with Crippen molar-refractivity contribution in [1.29, 1.82) is 0 Å². The summed E-state index contributed by atoms with van der Waals surface area (Å²) in [6.07, 6.45) is 2.35. The second-order valence-corrected chi connectivity index (χ2v) is 5.36. The van der Waals surface area contributed by atoms with Crippen LogP contribution in [0.5, 0.6) is 5.75 Å². The molecule has 0 saturated carbocycles. The van der Waals surface area contributed by atoms with Gasteiger partial charge >= 0.3 is 0 Å². The van der Waals surface area contributed by atoms with Gasteiger partial charge in [0.15, 0.2) is 0 Å². The summed E-state index contributed by atoms with van der Waals surface area (Å²) in [5.41, 5.74) is -0.0498. The van der Waals surface area contributed by atoms with Crippen molar-refractivity contribution in [2.75, 3.05) is 20.8 Å². The number of aliphatic hydroxyl groups is 1. The monoisotopic (exact) mass is 276 g/mol. The number of methoxy groups -OCH3 is 2. The van der Waals surface area contributed by atoms with Gasteiger partial charge in [-0.05, 0) is 30.5 Å². The van der Waals surface area contributed by atoms with Crippen LogP contribution in [0.3, 0.4) is 0 Å². The van der Waals surface area contributed by atoms with Crippen LogP contribution in [0, 0.1) is 5.92 Å². The Morgan fingerprint density at radius 2 is 1.95 bits per heavy atom. The lowest BCUT2D eigenvalue weighted by atomic mass is 9.79. The second-order valence-electron chi connectivity index (χ2n) is 5.36. The summed E-state index contributed by atoms with van der Waals surface area (Å²) >= 11 is 0. The molecule has 0 radical (unpaired) electrons. The van der Waals surface area contributed by atoms with Gasteiger partial charge < -0.3 is 19.3 Å². The van der Waals surface area contributed by atoms with E-state index in [0.717, 1.165) is 35.7 Å². The summed E-state index contributed by atoms with van der Waals surface area (Å²) in [6.45, 7) is 0.706. The molecule has 1 aliphatic carbocycles. The van der Waals surface area contributed by atoms with Crippen LogP contribution in [-0.2, 0) is 15.1 Å². The average Bonchev–Trinajstić information content (AvgIpc) is 2.82. The summed E-state index contributed by atoms with van der Waals surface area (Å²) in [7, 11) is 3.27. The minimum Gasteiger partial charge on any atom is -0.497 e. The highest BCUT2D eigenvalue weighted by Gasteiger charge is 2.50. The van der Waals surface area contributed by atoms with E-state index < -0.39 is 5.60 Å². The van der Waals surface area contributed by atoms with Gasteiger partial charge in [0.2, 0.25) is 0 Å². The summed E-state index contributed by atoms with van der Waals surface area (Å²) < 4.78 is 16.3. The number of fused-ring (bicyclic) bond motifs is 1. The molecular weight excluding hydrogens is 256 g/mol. The summed E-state index contributed by atoms with van der Waals surface area (Å²) in [4.78, 5) is 0. The summed E-state index contributed by atoms with van der Waals surface area (Å²) in [5, 5.41) is 11.2. The van der Waals surface area contributed by atoms with E-state index in [1.54, 1.807) is 14.2 Å². The lowest BCUT2D eigenvalue weighted by molar-refractivity contribution is -0.0336. The molecule has 20 heavy (non-hydrogen) atoms. The van der Waals surface area contributed by atoms with Crippen molar-refractivity contribution in [1.82, 2.24) is 0 Å². The average molecular weight is 276 g/mol. The van der Waals surface area contributed by atoms with Crippen LogP contribution in [0.1, 0.15) is 24.8 Å². The van der Waals surface area contributed by atoms with Gasteiger partial charge in [-0.3, -0.25) is 0 Å². The molecule has 1 heterocycles. The highest BCUT2D eigenvalue weighted by molar-refractivity contribution is 5.37. The molecule has 108 valence electrons. The van der Waals surface area contributed by atoms with Gasteiger partial charge in [-0.2, -0.15) is 0 Å². The molecule has 4 nitrogen and oxygen atoms in total. The molecule has 1 fully saturated rings. The molecule has 2 aliphatic rings. The molecule has 2 atom stereocenters. The zero-order valence-electron chi connectivity index (χ0n) is 11.9. The second kappa shape index (κ2) is 5.02. The third-order valence-corrected chi connectivity index (χ3v) is 4.33. The SMILES string of the molecule is COC1=C2OCCC[C@H]2[C@@](O)(c2ccc(OC)cc2)C1. The molecule has 1 aromatic carbocycles. The first kappa shape index (κ1) is 13.3. The Bertz CT molecular complexity index is 520. The lowest BCUT2D eigenvalue weighted by Gasteiger charge is -2.34. The summed E-state index contributed by atoms with van der Waals surface area (Å²) in [6, 6.07) is 7.59. The van der Waals surface area contributed by atoms with Gasteiger partial charge in [0, 0.05) is 6.42 Å². The van der Waals surface area contributed by atoms with E-state index >= 15 is 0 Å². The highest BCUT2D eigenvalue weighted by atomic mass is 16.5. The molecule has 0 bridgehead atoms. The van der Waals surface area contributed by atoms with Crippen LogP contribution in [0.15, 0.2) is 35.8 Å². The zero-order valence-corrected chi connectivity index (χ0v) is 11.9. The fourth-order valence-corrected chi connectivity index (χ4v) is 3.24. The van der Waals surface area contributed by atoms with Crippen molar-refractivity contribution in [2.24, 2.45) is 5.92 Å². The van der Waals surface area contributed by atoms with Crippen molar-refractivity contribution in [3.63, 3.8) is 0 Å². The molecule has 1 N–H and O–H groups in total. The molecule has 1 aromatic rings. The molecule has 1 aliphatic heterocycles. The molecule has 0 unspecified atom stereocenters. The first-order chi connectivity index (χ1) is 9.69. The highest BCUT2D eigenvalue weighted by Crippen LogP contribution is 2.51. The Hall–Kier alpha value is -1.68. The lowest BCUT2D eigenvalue weighted by Crippen LogP contribution is -2.34. The number of rotatable bonds is 3. The van der Waals surface area contributed by atoms with Crippen molar-refractivity contribution < 1.29 is 19.3 Å². The predicted molar refractivity (Wildman–Crippen MR) is 74.2 cm³/mol. The maximum absolute atomic E-state index is 11.2. The van der Waals surface area contributed by atoms with Crippen molar-refractivity contribution in [2.45, 2.75) is 24.9 Å². The molecule has 0 spiro atoms. The first-order valence-electron chi connectivity index (χ1n) is 6.96. The van der Waals surface area contributed by atoms with E-state index in [4.69, 9.17) is 14.2 Å². The largest absolute Gasteiger partial charge is 0.497 e. The van der Waals surface area contributed by atoms with Crippen LogP contribution in [0.2, 0.25) is 0 Å². The maximum atomic E-state index is 11.2. The molecule has 0 aromatic heterocycles. The normalized spacial score (nSPS) is 28.9. The fraction of sp³-hybridized carbons (Fsp3) is 0.500. The molecule has 4 heteroatoms. The van der Waals surface area contributed by atoms with Crippen molar-refractivity contribution in [3.8, 4) is 5.75 Å². The fourth-order valence-electron chi connectivity index (χ4n) is 3.24. The Balaban J connectivity index is 1.95. The Labute approximate surface area is 119 Å². The van der Waals surface area contributed by atoms with Crippen LogP contribution in [0.4, 0.5) is 0 Å². The number of hydrogen-bond acceptors (Lipinski definition) is 4. The minimum atomic E-state index is -0.937. The zero-order chi connectivity index (χ0) is 14.2. The molecule has 3 rings (SSSR count). The van der Waals surface area contributed by atoms with E-state index in [9.17, 15) is 5.11 Å². The number of ether oxygens (including phenoxy) is 3.